The number of thiazole rings is 1. The van der Waals surface area contributed by atoms with Gasteiger partial charge in [0.25, 0.3) is 0 Å². The predicted octanol–water partition coefficient (Wildman–Crippen LogP) is 4.01. The Labute approximate surface area is 151 Å². The van der Waals surface area contributed by atoms with Gasteiger partial charge >= 0.3 is 6.18 Å². The highest BCUT2D eigenvalue weighted by molar-refractivity contribution is 7.22. The summed E-state index contributed by atoms with van der Waals surface area (Å²) in [5.74, 6) is 0.223. The maximum atomic E-state index is 12.7. The smallest absolute Gasteiger partial charge is 0.433 e. The minimum atomic E-state index is -4.47. The summed E-state index contributed by atoms with van der Waals surface area (Å²) in [6.45, 7) is 1.93. The van der Waals surface area contributed by atoms with Crippen molar-refractivity contribution < 1.29 is 17.9 Å². The van der Waals surface area contributed by atoms with E-state index in [1.807, 2.05) is 6.07 Å². The lowest BCUT2D eigenvalue weighted by Crippen LogP contribution is -2.21. The molecule has 0 aliphatic carbocycles. The first-order valence-corrected chi connectivity index (χ1v) is 8.93. The zero-order valence-electron chi connectivity index (χ0n) is 13.6. The second-order valence-corrected chi connectivity index (χ2v) is 7.12. The Hall–Kier alpha value is -2.42. The van der Waals surface area contributed by atoms with Crippen LogP contribution in [0.5, 0.6) is 5.88 Å². The lowest BCUT2D eigenvalue weighted by atomic mass is 10.1. The van der Waals surface area contributed by atoms with Gasteiger partial charge in [0.05, 0.1) is 17.5 Å². The average molecular weight is 380 g/mol. The number of pyridine rings is 2. The standard InChI is InChI=1S/C17H15F3N4OS/c18-17(19,20)14-2-1-3-15(23-14)25-10-11-5-7-24(9-11)16-22-12-8-21-6-4-13(12)26-16/h1-4,6,8,11H,5,7,9-10H2. The summed E-state index contributed by atoms with van der Waals surface area (Å²) in [7, 11) is 0. The van der Waals surface area contributed by atoms with Crippen LogP contribution >= 0.6 is 11.3 Å². The van der Waals surface area contributed by atoms with Crippen LogP contribution in [0.1, 0.15) is 12.1 Å². The van der Waals surface area contributed by atoms with Crippen LogP contribution in [-0.4, -0.2) is 34.6 Å². The van der Waals surface area contributed by atoms with Gasteiger partial charge < -0.3 is 9.64 Å². The van der Waals surface area contributed by atoms with E-state index in [2.05, 4.69) is 19.9 Å². The normalized spacial score (nSPS) is 17.8. The van der Waals surface area contributed by atoms with Crippen molar-refractivity contribution in [3.8, 4) is 5.88 Å². The number of fused-ring (bicyclic) bond motifs is 1. The van der Waals surface area contributed by atoms with Gasteiger partial charge in [-0.3, -0.25) is 4.98 Å². The minimum Gasteiger partial charge on any atom is -0.477 e. The molecule has 0 spiro atoms. The number of alkyl halides is 3. The maximum absolute atomic E-state index is 12.7. The molecule has 0 N–H and O–H groups in total. The van der Waals surface area contributed by atoms with Crippen molar-refractivity contribution in [2.45, 2.75) is 12.6 Å². The van der Waals surface area contributed by atoms with Gasteiger partial charge in [0.15, 0.2) is 5.13 Å². The third-order valence-corrected chi connectivity index (χ3v) is 5.31. The van der Waals surface area contributed by atoms with Crippen LogP contribution in [0, 0.1) is 5.92 Å². The number of rotatable bonds is 4. The van der Waals surface area contributed by atoms with Gasteiger partial charge in [-0.2, -0.15) is 13.2 Å². The molecule has 0 bridgehead atoms. The lowest BCUT2D eigenvalue weighted by Gasteiger charge is -2.15. The molecule has 4 rings (SSSR count). The monoisotopic (exact) mass is 380 g/mol. The van der Waals surface area contributed by atoms with Crippen LogP contribution in [0.25, 0.3) is 10.2 Å². The quantitative estimate of drug-likeness (QED) is 0.685. The summed E-state index contributed by atoms with van der Waals surface area (Å²) in [5, 5.41) is 0.938. The SMILES string of the molecule is FC(F)(F)c1cccc(OCC2CCN(c3nc4cnccc4s3)C2)n1. The molecule has 3 aromatic rings. The predicted molar refractivity (Wildman–Crippen MR) is 92.5 cm³/mol. The van der Waals surface area contributed by atoms with E-state index in [1.54, 1.807) is 23.7 Å². The molecule has 136 valence electrons. The Morgan fingerprint density at radius 3 is 2.92 bits per heavy atom. The first-order chi connectivity index (χ1) is 12.5. The number of halogens is 3. The topological polar surface area (TPSA) is 51.1 Å². The molecule has 1 fully saturated rings. The zero-order chi connectivity index (χ0) is 18.1. The molecule has 1 atom stereocenters. The molecule has 4 heterocycles. The lowest BCUT2D eigenvalue weighted by molar-refractivity contribution is -0.141. The maximum Gasteiger partial charge on any atom is 0.433 e. The third kappa shape index (κ3) is 3.57. The number of hydrogen-bond acceptors (Lipinski definition) is 6. The summed E-state index contributed by atoms with van der Waals surface area (Å²) in [4.78, 5) is 14.4. The van der Waals surface area contributed by atoms with E-state index in [-0.39, 0.29) is 11.8 Å². The van der Waals surface area contributed by atoms with Gasteiger partial charge in [-0.15, -0.1) is 0 Å². The van der Waals surface area contributed by atoms with Crippen LogP contribution in [0.15, 0.2) is 36.7 Å². The van der Waals surface area contributed by atoms with Crippen LogP contribution in [0.4, 0.5) is 18.3 Å². The third-order valence-electron chi connectivity index (χ3n) is 4.22. The van der Waals surface area contributed by atoms with Crippen molar-refractivity contribution in [1.29, 1.82) is 0 Å². The molecule has 3 aromatic heterocycles. The van der Waals surface area contributed by atoms with Crippen LogP contribution in [-0.2, 0) is 6.18 Å². The number of hydrogen-bond donors (Lipinski definition) is 0. The highest BCUT2D eigenvalue weighted by atomic mass is 32.1. The molecular formula is C17H15F3N4OS. The van der Waals surface area contributed by atoms with Crippen LogP contribution in [0.3, 0.4) is 0 Å². The van der Waals surface area contributed by atoms with E-state index >= 15 is 0 Å². The average Bonchev–Trinajstić information content (AvgIpc) is 3.26. The Kier molecular flexibility index (Phi) is 4.39. The van der Waals surface area contributed by atoms with E-state index in [0.29, 0.717) is 6.61 Å². The number of ether oxygens (including phenoxy) is 1. The Bertz CT molecular complexity index is 881. The van der Waals surface area contributed by atoms with Crippen LogP contribution < -0.4 is 9.64 Å². The molecule has 1 unspecified atom stereocenters. The first-order valence-electron chi connectivity index (χ1n) is 8.11. The molecular weight excluding hydrogens is 365 g/mol. The molecule has 9 heteroatoms. The molecule has 26 heavy (non-hydrogen) atoms. The van der Waals surface area contributed by atoms with Gasteiger partial charge in [-0.25, -0.2) is 9.97 Å². The van der Waals surface area contributed by atoms with E-state index < -0.39 is 11.9 Å². The Balaban J connectivity index is 1.37. The molecule has 1 aliphatic rings. The Morgan fingerprint density at radius 1 is 1.23 bits per heavy atom. The molecule has 5 nitrogen and oxygen atoms in total. The molecule has 1 saturated heterocycles. The second kappa shape index (κ2) is 6.71. The minimum absolute atomic E-state index is 0.00402. The fourth-order valence-electron chi connectivity index (χ4n) is 2.90. The van der Waals surface area contributed by atoms with Crippen molar-refractivity contribution >= 4 is 26.7 Å². The highest BCUT2D eigenvalue weighted by Crippen LogP contribution is 2.32. The van der Waals surface area contributed by atoms with Crippen molar-refractivity contribution in [2.75, 3.05) is 24.6 Å². The number of nitrogens with zero attached hydrogens (tertiary/aromatic N) is 4. The molecule has 0 saturated carbocycles. The van der Waals surface area contributed by atoms with Crippen molar-refractivity contribution in [1.82, 2.24) is 15.0 Å². The summed E-state index contributed by atoms with van der Waals surface area (Å²) in [6.07, 6.45) is -0.0866. The van der Waals surface area contributed by atoms with Gasteiger partial charge in [-0.05, 0) is 18.6 Å². The van der Waals surface area contributed by atoms with Crippen molar-refractivity contribution in [3.05, 3.63) is 42.4 Å². The fraction of sp³-hybridized carbons (Fsp3) is 0.353. The molecule has 0 radical (unpaired) electrons. The van der Waals surface area contributed by atoms with E-state index in [4.69, 9.17) is 4.74 Å². The van der Waals surface area contributed by atoms with E-state index in [0.717, 1.165) is 40.9 Å². The highest BCUT2D eigenvalue weighted by Gasteiger charge is 2.33. The molecule has 0 amide bonds. The van der Waals surface area contributed by atoms with E-state index in [1.165, 1.54) is 12.1 Å². The van der Waals surface area contributed by atoms with Gasteiger partial charge in [-0.1, -0.05) is 17.4 Å². The Morgan fingerprint density at radius 2 is 2.12 bits per heavy atom. The molecule has 1 aliphatic heterocycles. The zero-order valence-corrected chi connectivity index (χ0v) is 14.4. The summed E-state index contributed by atoms with van der Waals surface area (Å²) >= 11 is 1.61. The largest absolute Gasteiger partial charge is 0.477 e. The first kappa shape index (κ1) is 17.0. The number of aromatic nitrogens is 3. The van der Waals surface area contributed by atoms with Gasteiger partial charge in [0.2, 0.25) is 5.88 Å². The second-order valence-electron chi connectivity index (χ2n) is 6.11. The number of anilines is 1. The van der Waals surface area contributed by atoms with Gasteiger partial charge in [0, 0.05) is 31.3 Å². The summed E-state index contributed by atoms with van der Waals surface area (Å²) < 4.78 is 44.7. The fourth-order valence-corrected chi connectivity index (χ4v) is 3.87. The van der Waals surface area contributed by atoms with E-state index in [9.17, 15) is 13.2 Å². The van der Waals surface area contributed by atoms with Crippen molar-refractivity contribution in [2.24, 2.45) is 5.92 Å². The summed E-state index contributed by atoms with van der Waals surface area (Å²) in [5.41, 5.74) is -0.0634. The summed E-state index contributed by atoms with van der Waals surface area (Å²) in [6, 6.07) is 5.63. The van der Waals surface area contributed by atoms with Crippen LogP contribution in [0.2, 0.25) is 0 Å². The van der Waals surface area contributed by atoms with Crippen molar-refractivity contribution in [3.63, 3.8) is 0 Å². The van der Waals surface area contributed by atoms with Gasteiger partial charge in [0.1, 0.15) is 11.2 Å². The molecule has 0 aromatic carbocycles.